The number of aryl methyl sites for hydroxylation is 1. The van der Waals surface area contributed by atoms with Crippen molar-refractivity contribution >= 4 is 15.7 Å². The molecular weight excluding hydrogens is 282 g/mol. The third-order valence-corrected chi connectivity index (χ3v) is 5.52. The summed E-state index contributed by atoms with van der Waals surface area (Å²) in [4.78, 5) is 12.0. The number of amidine groups is 1. The molecule has 0 aliphatic rings. The first kappa shape index (κ1) is 16.2. The summed E-state index contributed by atoms with van der Waals surface area (Å²) in [6, 6.07) is 2.95. The molecule has 7 nitrogen and oxygen atoms in total. The second-order valence-electron chi connectivity index (χ2n) is 5.34. The van der Waals surface area contributed by atoms with Crippen molar-refractivity contribution in [1.29, 1.82) is 0 Å². The van der Waals surface area contributed by atoms with E-state index in [0.29, 0.717) is 0 Å². The van der Waals surface area contributed by atoms with E-state index in [1.807, 2.05) is 0 Å². The molecule has 1 heterocycles. The summed E-state index contributed by atoms with van der Waals surface area (Å²) in [5, 5.41) is 11.4. The van der Waals surface area contributed by atoms with Gasteiger partial charge in [0.1, 0.15) is 0 Å². The van der Waals surface area contributed by atoms with Crippen molar-refractivity contribution in [2.45, 2.75) is 32.1 Å². The van der Waals surface area contributed by atoms with Gasteiger partial charge in [0.05, 0.1) is 16.1 Å². The number of nitrogens with zero attached hydrogens (tertiary/aromatic N) is 2. The molecule has 0 aromatic carbocycles. The summed E-state index contributed by atoms with van der Waals surface area (Å²) in [6.07, 6.45) is 1.47. The van der Waals surface area contributed by atoms with Crippen LogP contribution in [0.5, 0.6) is 0 Å². The molecular formula is C12H19N3O4S. The number of pyridine rings is 1. The van der Waals surface area contributed by atoms with Crippen molar-refractivity contribution in [3.05, 3.63) is 34.2 Å². The average Bonchev–Trinajstić information content (AvgIpc) is 2.35. The second kappa shape index (κ2) is 5.66. The Balaban J connectivity index is 3.05. The molecule has 3 N–H and O–H groups in total. The normalized spacial score (nSPS) is 13.4. The molecule has 1 aromatic rings. The van der Waals surface area contributed by atoms with Gasteiger partial charge in [-0.2, -0.15) is 0 Å². The lowest BCUT2D eigenvalue weighted by Gasteiger charge is -2.19. The maximum absolute atomic E-state index is 12.0. The van der Waals surface area contributed by atoms with Gasteiger partial charge >= 0.3 is 0 Å². The van der Waals surface area contributed by atoms with E-state index < -0.39 is 20.1 Å². The van der Waals surface area contributed by atoms with E-state index in [1.165, 1.54) is 16.8 Å². The summed E-state index contributed by atoms with van der Waals surface area (Å²) < 4.78 is 24.4. The fraction of sp³-hybridized carbons (Fsp3) is 0.500. The van der Waals surface area contributed by atoms with Gasteiger partial charge in [0.2, 0.25) is 0 Å². The molecule has 0 atom stereocenters. The molecule has 0 radical (unpaired) electrons. The molecule has 20 heavy (non-hydrogen) atoms. The predicted octanol–water partition coefficient (Wildman–Crippen LogP) is 0.156. The summed E-state index contributed by atoms with van der Waals surface area (Å²) >= 11 is 0. The van der Waals surface area contributed by atoms with Crippen molar-refractivity contribution in [3.8, 4) is 0 Å². The molecule has 1 rings (SSSR count). The Morgan fingerprint density at radius 2 is 2.05 bits per heavy atom. The van der Waals surface area contributed by atoms with Crippen LogP contribution in [0.1, 0.15) is 26.3 Å². The molecule has 0 fully saturated rings. The number of hydrogen-bond donors (Lipinski definition) is 2. The van der Waals surface area contributed by atoms with Gasteiger partial charge in [-0.3, -0.25) is 4.79 Å². The molecule has 0 spiro atoms. The predicted molar refractivity (Wildman–Crippen MR) is 76.8 cm³/mol. The van der Waals surface area contributed by atoms with Gasteiger partial charge in [-0.05, 0) is 32.9 Å². The summed E-state index contributed by atoms with van der Waals surface area (Å²) in [5.74, 6) is -0.459. The van der Waals surface area contributed by atoms with Gasteiger partial charge in [-0.25, -0.2) is 8.42 Å². The van der Waals surface area contributed by atoms with Crippen LogP contribution in [0.25, 0.3) is 0 Å². The zero-order valence-electron chi connectivity index (χ0n) is 11.7. The van der Waals surface area contributed by atoms with Crippen LogP contribution >= 0.6 is 0 Å². The smallest absolute Gasteiger partial charge is 0.261 e. The number of rotatable bonds is 4. The Bertz CT molecular complexity index is 669. The van der Waals surface area contributed by atoms with E-state index in [1.54, 1.807) is 26.8 Å². The molecule has 0 bridgehead atoms. The third-order valence-electron chi connectivity index (χ3n) is 2.94. The maximum Gasteiger partial charge on any atom is 0.261 e. The van der Waals surface area contributed by atoms with E-state index in [2.05, 4.69) is 5.16 Å². The topological polar surface area (TPSA) is 115 Å². The van der Waals surface area contributed by atoms with Crippen molar-refractivity contribution in [2.24, 2.45) is 10.9 Å². The molecule has 0 aliphatic heterocycles. The summed E-state index contributed by atoms with van der Waals surface area (Å²) in [6.45, 7) is 4.85. The highest BCUT2D eigenvalue weighted by Crippen LogP contribution is 2.15. The standard InChI is InChI=1S/C12H19N3O4S/c1-12(2,3)20(18,19)8-7-15-6-4-5-9(11(15)16)10(13)14-17/h4-6,17H,7-8H2,1-3H3,(H2,13,14). The minimum absolute atomic E-state index is 0.0188. The Labute approximate surface area is 117 Å². The van der Waals surface area contributed by atoms with E-state index in [-0.39, 0.29) is 23.7 Å². The van der Waals surface area contributed by atoms with Crippen LogP contribution in [0, 0.1) is 0 Å². The van der Waals surface area contributed by atoms with Crippen LogP contribution < -0.4 is 11.3 Å². The van der Waals surface area contributed by atoms with Crippen molar-refractivity contribution < 1.29 is 13.6 Å². The van der Waals surface area contributed by atoms with Crippen molar-refractivity contribution in [2.75, 3.05) is 5.75 Å². The van der Waals surface area contributed by atoms with Crippen molar-refractivity contribution in [3.63, 3.8) is 0 Å². The fourth-order valence-corrected chi connectivity index (χ4v) is 2.54. The zero-order chi connectivity index (χ0) is 15.6. The minimum atomic E-state index is -3.32. The summed E-state index contributed by atoms with van der Waals surface area (Å²) in [5.41, 5.74) is 4.92. The lowest BCUT2D eigenvalue weighted by Crippen LogP contribution is -2.35. The first-order chi connectivity index (χ1) is 9.10. The highest BCUT2D eigenvalue weighted by atomic mass is 32.2. The molecule has 0 saturated heterocycles. The van der Waals surface area contributed by atoms with Crippen LogP contribution in [-0.4, -0.2) is 34.5 Å². The largest absolute Gasteiger partial charge is 0.409 e. The van der Waals surface area contributed by atoms with E-state index in [0.717, 1.165) is 0 Å². The number of oxime groups is 1. The molecule has 0 aliphatic carbocycles. The Morgan fingerprint density at radius 1 is 1.45 bits per heavy atom. The van der Waals surface area contributed by atoms with Gasteiger partial charge in [0.15, 0.2) is 15.7 Å². The molecule has 8 heteroatoms. The minimum Gasteiger partial charge on any atom is -0.409 e. The average molecular weight is 301 g/mol. The fourth-order valence-electron chi connectivity index (χ4n) is 1.49. The highest BCUT2D eigenvalue weighted by molar-refractivity contribution is 7.92. The van der Waals surface area contributed by atoms with Gasteiger partial charge in [0.25, 0.3) is 5.56 Å². The van der Waals surface area contributed by atoms with Crippen LogP contribution in [-0.2, 0) is 16.4 Å². The quantitative estimate of drug-likeness (QED) is 0.356. The Kier molecular flexibility index (Phi) is 4.59. The van der Waals surface area contributed by atoms with Crippen molar-refractivity contribution in [1.82, 2.24) is 4.57 Å². The zero-order valence-corrected chi connectivity index (χ0v) is 12.5. The molecule has 0 saturated carbocycles. The number of nitrogens with two attached hydrogens (primary N) is 1. The molecule has 112 valence electrons. The van der Waals surface area contributed by atoms with Crippen LogP contribution in [0.2, 0.25) is 0 Å². The second-order valence-corrected chi connectivity index (χ2v) is 8.20. The van der Waals surface area contributed by atoms with Gasteiger partial charge in [-0.1, -0.05) is 5.16 Å². The van der Waals surface area contributed by atoms with Crippen LogP contribution in [0.15, 0.2) is 28.3 Å². The lowest BCUT2D eigenvalue weighted by atomic mass is 10.2. The van der Waals surface area contributed by atoms with E-state index in [4.69, 9.17) is 10.9 Å². The monoisotopic (exact) mass is 301 g/mol. The van der Waals surface area contributed by atoms with Gasteiger partial charge in [0, 0.05) is 12.7 Å². The van der Waals surface area contributed by atoms with Crippen LogP contribution in [0.3, 0.4) is 0 Å². The maximum atomic E-state index is 12.0. The molecule has 1 aromatic heterocycles. The number of aromatic nitrogens is 1. The lowest BCUT2D eigenvalue weighted by molar-refractivity contribution is 0.318. The Morgan fingerprint density at radius 3 is 2.55 bits per heavy atom. The first-order valence-corrected chi connectivity index (χ1v) is 7.65. The summed E-state index contributed by atoms with van der Waals surface area (Å²) in [7, 11) is -3.32. The van der Waals surface area contributed by atoms with Gasteiger partial charge in [-0.15, -0.1) is 0 Å². The molecule has 0 unspecified atom stereocenters. The number of sulfone groups is 1. The first-order valence-electron chi connectivity index (χ1n) is 6.00. The van der Waals surface area contributed by atoms with E-state index >= 15 is 0 Å². The third kappa shape index (κ3) is 3.38. The Hall–Kier alpha value is -1.83. The number of hydrogen-bond acceptors (Lipinski definition) is 5. The SMILES string of the molecule is CC(C)(C)S(=O)(=O)CCn1cccc(/C(N)=N/O)c1=O. The van der Waals surface area contributed by atoms with Crippen LogP contribution in [0.4, 0.5) is 0 Å². The molecule has 0 amide bonds. The highest BCUT2D eigenvalue weighted by Gasteiger charge is 2.28. The van der Waals surface area contributed by atoms with Gasteiger partial charge < -0.3 is 15.5 Å². The van der Waals surface area contributed by atoms with E-state index in [9.17, 15) is 13.2 Å².